The van der Waals surface area contributed by atoms with Crippen LogP contribution in [0.5, 0.6) is 11.5 Å². The average molecular weight is 1000 g/mol. The Balaban J connectivity index is 0. The third-order valence-corrected chi connectivity index (χ3v) is 10.4. The van der Waals surface area contributed by atoms with Gasteiger partial charge in [-0.2, -0.15) is 10.2 Å². The third-order valence-electron chi connectivity index (χ3n) is 10.4. The SMILES string of the molecule is CC(C)=O.COC(=O)[C@H](Cc1ccc(-c2c(OC)cnn(C)c2=O)cc1)NC(=O)[C@H](NC(C)C)C(C)C.COc1cnn(C)c(=O)c1-c1ccc(C[C@H](NC(=O)[C@H](NC(C)C)C(C)C)C(=O)O)cc1.OO.[H-].[Li+]. The summed E-state index contributed by atoms with van der Waals surface area (Å²) in [6.45, 7) is 18.6. The first-order valence-electron chi connectivity index (χ1n) is 22.9. The van der Waals surface area contributed by atoms with Crippen LogP contribution in [0.15, 0.2) is 70.5 Å². The molecular formula is C50H75LiN8O13. The summed E-state index contributed by atoms with van der Waals surface area (Å²) in [7, 11) is 7.37. The summed E-state index contributed by atoms with van der Waals surface area (Å²) < 4.78 is 17.9. The van der Waals surface area contributed by atoms with E-state index in [0.717, 1.165) is 5.56 Å². The Hall–Kier alpha value is -6.21. The van der Waals surface area contributed by atoms with E-state index >= 15 is 0 Å². The quantitative estimate of drug-likeness (QED) is 0.0281. The number of benzene rings is 2. The number of rotatable bonds is 20. The van der Waals surface area contributed by atoms with Gasteiger partial charge in [0.2, 0.25) is 11.8 Å². The number of hydrogen-bond acceptors (Lipinski definition) is 16. The first-order chi connectivity index (χ1) is 33.4. The van der Waals surface area contributed by atoms with Crippen molar-refractivity contribution in [2.24, 2.45) is 25.9 Å². The summed E-state index contributed by atoms with van der Waals surface area (Å²) in [4.78, 5) is 84.3. The van der Waals surface area contributed by atoms with Gasteiger partial charge in [0.15, 0.2) is 11.5 Å². The first kappa shape index (κ1) is 65.8. The van der Waals surface area contributed by atoms with Gasteiger partial charge in [-0.25, -0.2) is 19.0 Å². The number of hydrogen-bond donors (Lipinski definition) is 7. The van der Waals surface area contributed by atoms with E-state index in [1.165, 1.54) is 56.9 Å². The van der Waals surface area contributed by atoms with Crippen LogP contribution < -0.4 is 60.7 Å². The molecule has 0 saturated carbocycles. The van der Waals surface area contributed by atoms with Crippen LogP contribution in [-0.2, 0) is 55.6 Å². The van der Waals surface area contributed by atoms with E-state index in [9.17, 15) is 38.7 Å². The molecule has 0 aliphatic carbocycles. The van der Waals surface area contributed by atoms with Crippen molar-refractivity contribution in [1.29, 1.82) is 0 Å². The number of carboxylic acid groups (broad SMARTS) is 1. The molecule has 0 radical (unpaired) electrons. The normalized spacial score (nSPS) is 12.2. The van der Waals surface area contributed by atoms with E-state index in [1.807, 2.05) is 67.5 Å². The maximum absolute atomic E-state index is 12.9. The van der Waals surface area contributed by atoms with Gasteiger partial charge in [0.25, 0.3) is 11.1 Å². The predicted octanol–water partition coefficient (Wildman–Crippen LogP) is 0.998. The third kappa shape index (κ3) is 20.9. The number of Topliss-reactive ketones (excluding diaryl/α,β-unsaturated/α-hetero) is 1. The number of aliphatic carboxylic acids is 1. The molecule has 0 spiro atoms. The number of methoxy groups -OCH3 is 3. The molecule has 0 fully saturated rings. The van der Waals surface area contributed by atoms with Gasteiger partial charge < -0.3 is 46.8 Å². The van der Waals surface area contributed by atoms with E-state index in [1.54, 1.807) is 50.5 Å². The largest absolute Gasteiger partial charge is 1.00 e. The predicted molar refractivity (Wildman–Crippen MR) is 270 cm³/mol. The van der Waals surface area contributed by atoms with Crippen molar-refractivity contribution in [1.82, 2.24) is 40.8 Å². The first-order valence-corrected chi connectivity index (χ1v) is 22.9. The van der Waals surface area contributed by atoms with Gasteiger partial charge in [0.1, 0.15) is 17.9 Å². The Labute approximate surface area is 435 Å². The van der Waals surface area contributed by atoms with Crippen molar-refractivity contribution < 1.29 is 74.1 Å². The topological polar surface area (TPSA) is 292 Å². The Bertz CT molecular complexity index is 2460. The molecule has 22 heteroatoms. The van der Waals surface area contributed by atoms with Crippen molar-refractivity contribution in [2.75, 3.05) is 21.3 Å². The minimum Gasteiger partial charge on any atom is -1.00 e. The van der Waals surface area contributed by atoms with Gasteiger partial charge in [-0.05, 0) is 47.9 Å². The number of esters is 1. The number of ketones is 1. The molecule has 21 nitrogen and oxygen atoms in total. The molecule has 0 saturated heterocycles. The molecule has 0 bridgehead atoms. The van der Waals surface area contributed by atoms with Gasteiger partial charge in [-0.3, -0.25) is 29.7 Å². The summed E-state index contributed by atoms with van der Waals surface area (Å²) in [5.41, 5.74) is 3.01. The molecule has 394 valence electrons. The molecule has 2 heterocycles. The number of carboxylic acids is 1. The van der Waals surface area contributed by atoms with Crippen molar-refractivity contribution >= 4 is 29.5 Å². The maximum atomic E-state index is 12.9. The summed E-state index contributed by atoms with van der Waals surface area (Å²) in [6.07, 6.45) is 3.32. The molecule has 72 heavy (non-hydrogen) atoms. The second-order valence-corrected chi connectivity index (χ2v) is 17.8. The van der Waals surface area contributed by atoms with E-state index in [0.29, 0.717) is 39.3 Å². The molecule has 2 aromatic carbocycles. The number of carbonyl (C=O) groups is 5. The van der Waals surface area contributed by atoms with Crippen LogP contribution in [0, 0.1) is 11.8 Å². The van der Waals surface area contributed by atoms with Crippen molar-refractivity contribution in [2.45, 2.75) is 118 Å². The zero-order valence-corrected chi connectivity index (χ0v) is 44.5. The number of amides is 2. The standard InChI is InChI=1S/C24H34N4O5.C23H32N4O5.C3H6O.Li.H2O2.H/c1-14(2)21(26-15(3)4)22(29)27-18(24(31)33-7)12-16-8-10-17(11-9-16)20-19(32-6)13-25-28(5)23(20)30;1-13(2)20(25-14(3)4)21(28)26-17(23(30)31)11-15-7-9-16(10-8-15)19-18(32-6)12-24-27(5)22(19)29;1-3(2)4;;1-2;/h8-11,13-15,18,21,26H,12H2,1-7H3,(H,27,29);7-10,12-14,17,20,25H,11H2,1-6H3,(H,26,28)(H,30,31);1-2H3;;1-2H;/q;;;+1;;-1/t18-,21+;17-,20+;;;;/m00..../s1. The van der Waals surface area contributed by atoms with Crippen LogP contribution in [0.3, 0.4) is 0 Å². The van der Waals surface area contributed by atoms with Crippen LogP contribution >= 0.6 is 0 Å². The van der Waals surface area contributed by atoms with Gasteiger partial charge in [-0.15, -0.1) is 0 Å². The smallest absolute Gasteiger partial charge is 1.00 e. The average Bonchev–Trinajstić information content (AvgIpc) is 3.31. The number of aromatic nitrogens is 4. The van der Waals surface area contributed by atoms with E-state index < -0.39 is 36.1 Å². The minimum atomic E-state index is -1.11. The van der Waals surface area contributed by atoms with Crippen LogP contribution in [-0.4, -0.2) is 122 Å². The number of carbonyl (C=O) groups excluding carboxylic acids is 4. The maximum Gasteiger partial charge on any atom is 1.00 e. The molecule has 2 amide bonds. The van der Waals surface area contributed by atoms with Crippen molar-refractivity contribution in [3.05, 3.63) is 92.8 Å². The molecule has 0 unspecified atom stereocenters. The summed E-state index contributed by atoms with van der Waals surface area (Å²) in [6, 6.07) is 11.5. The van der Waals surface area contributed by atoms with E-state index in [4.69, 9.17) is 24.7 Å². The van der Waals surface area contributed by atoms with Gasteiger partial charge in [0.05, 0.1) is 56.9 Å². The van der Waals surface area contributed by atoms with Crippen LogP contribution in [0.4, 0.5) is 0 Å². The minimum absolute atomic E-state index is 0. The summed E-state index contributed by atoms with van der Waals surface area (Å²) in [5, 5.41) is 41.5. The molecule has 2 aromatic heterocycles. The summed E-state index contributed by atoms with van der Waals surface area (Å²) in [5.74, 6) is -1.29. The molecule has 4 aromatic rings. The molecule has 0 aliphatic rings. The molecule has 4 atom stereocenters. The number of nitrogens with one attached hydrogen (secondary N) is 4. The second-order valence-electron chi connectivity index (χ2n) is 17.8. The molecule has 4 rings (SSSR count). The van der Waals surface area contributed by atoms with Crippen LogP contribution in [0.25, 0.3) is 22.3 Å². The Morgan fingerprint density at radius 2 is 0.931 bits per heavy atom. The fourth-order valence-corrected chi connectivity index (χ4v) is 6.89. The monoisotopic (exact) mass is 1000 g/mol. The van der Waals surface area contributed by atoms with E-state index in [-0.39, 0.29) is 85.8 Å². The Morgan fingerprint density at radius 3 is 1.21 bits per heavy atom. The molecular weight excluding hydrogens is 928 g/mol. The zero-order chi connectivity index (χ0) is 54.3. The molecule has 7 N–H and O–H groups in total. The van der Waals surface area contributed by atoms with E-state index in [2.05, 4.69) is 31.5 Å². The number of aryl methyl sites for hydroxylation is 2. The zero-order valence-electron chi connectivity index (χ0n) is 45.5. The van der Waals surface area contributed by atoms with Crippen LogP contribution in [0.2, 0.25) is 0 Å². The molecule has 0 aliphatic heterocycles. The summed E-state index contributed by atoms with van der Waals surface area (Å²) >= 11 is 0. The Kier molecular flexibility index (Phi) is 29.9. The number of nitrogens with zero attached hydrogens (tertiary/aromatic N) is 4. The van der Waals surface area contributed by atoms with Crippen molar-refractivity contribution in [3.63, 3.8) is 0 Å². The Morgan fingerprint density at radius 1 is 0.611 bits per heavy atom. The van der Waals surface area contributed by atoms with Crippen LogP contribution in [0.1, 0.15) is 81.8 Å². The fraction of sp³-hybridized carbons (Fsp3) is 0.500. The van der Waals surface area contributed by atoms with Crippen molar-refractivity contribution in [3.8, 4) is 33.8 Å². The number of ether oxygens (including phenoxy) is 3. The van der Waals surface area contributed by atoms with Gasteiger partial charge >= 0.3 is 30.8 Å². The fourth-order valence-electron chi connectivity index (χ4n) is 6.89. The second kappa shape index (κ2) is 32.7. The van der Waals surface area contributed by atoms with Gasteiger partial charge in [0, 0.05) is 39.0 Å². The van der Waals surface area contributed by atoms with Gasteiger partial charge in [-0.1, -0.05) is 104 Å².